The molecule has 0 saturated heterocycles. The third kappa shape index (κ3) is 7.98. The molecule has 0 aliphatic heterocycles. The average molecular weight is 410 g/mol. The van der Waals surface area contributed by atoms with Gasteiger partial charge in [0.2, 0.25) is 5.88 Å². The van der Waals surface area contributed by atoms with Crippen molar-refractivity contribution in [2.24, 2.45) is 4.99 Å². The van der Waals surface area contributed by atoms with Gasteiger partial charge in [0.25, 0.3) is 0 Å². The molecule has 1 unspecified atom stereocenters. The van der Waals surface area contributed by atoms with Gasteiger partial charge in [0.05, 0.1) is 13.1 Å². The Labute approximate surface area is 167 Å². The van der Waals surface area contributed by atoms with Crippen LogP contribution in [-0.2, 0) is 12.1 Å². The van der Waals surface area contributed by atoms with Gasteiger partial charge in [0.1, 0.15) is 5.60 Å². The molecule has 1 aromatic heterocycles. The van der Waals surface area contributed by atoms with Crippen molar-refractivity contribution in [3.05, 3.63) is 59.8 Å². The SMILES string of the molecule is CCNC(=NCc1ccc(OCC(F)(F)F)nc1)NCC(C)(O)c1ccccc1. The fraction of sp³-hybridized carbons (Fsp3) is 0.400. The first kappa shape index (κ1) is 22.5. The molecule has 0 aliphatic rings. The number of pyridine rings is 1. The van der Waals surface area contributed by atoms with E-state index in [1.165, 1.54) is 12.3 Å². The molecule has 2 aromatic rings. The number of ether oxygens (including phenoxy) is 1. The third-order valence-corrected chi connectivity index (χ3v) is 3.94. The molecule has 9 heteroatoms. The number of guanidine groups is 1. The summed E-state index contributed by atoms with van der Waals surface area (Å²) in [5, 5.41) is 16.9. The first-order chi connectivity index (χ1) is 13.7. The molecule has 158 valence electrons. The molecule has 6 nitrogen and oxygen atoms in total. The van der Waals surface area contributed by atoms with Crippen LogP contribution >= 0.6 is 0 Å². The molecule has 0 fully saturated rings. The lowest BCUT2D eigenvalue weighted by atomic mass is 9.96. The summed E-state index contributed by atoms with van der Waals surface area (Å²) >= 11 is 0. The summed E-state index contributed by atoms with van der Waals surface area (Å²) in [6, 6.07) is 12.3. The number of aliphatic imine (C=N–C) groups is 1. The molecule has 0 saturated carbocycles. The largest absolute Gasteiger partial charge is 0.468 e. The van der Waals surface area contributed by atoms with E-state index in [0.717, 1.165) is 5.56 Å². The van der Waals surface area contributed by atoms with Crippen LogP contribution in [0.15, 0.2) is 53.7 Å². The van der Waals surface area contributed by atoms with E-state index in [2.05, 4.69) is 25.3 Å². The molecule has 1 aromatic carbocycles. The highest BCUT2D eigenvalue weighted by atomic mass is 19.4. The van der Waals surface area contributed by atoms with Gasteiger partial charge in [-0.3, -0.25) is 0 Å². The molecule has 0 radical (unpaired) electrons. The molecule has 2 rings (SSSR count). The van der Waals surface area contributed by atoms with Crippen LogP contribution < -0.4 is 15.4 Å². The van der Waals surface area contributed by atoms with Crippen LogP contribution in [0.5, 0.6) is 5.88 Å². The summed E-state index contributed by atoms with van der Waals surface area (Å²) in [4.78, 5) is 8.28. The lowest BCUT2D eigenvalue weighted by molar-refractivity contribution is -0.154. The standard InChI is InChI=1S/C20H25F3N4O2/c1-3-24-18(27-13-19(2,28)16-7-5-4-6-8-16)26-12-15-9-10-17(25-11-15)29-14-20(21,22)23/h4-11,28H,3,12-14H2,1-2H3,(H2,24,26,27). The summed E-state index contributed by atoms with van der Waals surface area (Å²) in [5.41, 5.74) is 0.398. The minimum Gasteiger partial charge on any atom is -0.468 e. The number of halogens is 3. The van der Waals surface area contributed by atoms with Crippen LogP contribution in [0.4, 0.5) is 13.2 Å². The van der Waals surface area contributed by atoms with Crippen LogP contribution in [0.1, 0.15) is 25.0 Å². The number of aromatic nitrogens is 1. The van der Waals surface area contributed by atoms with Crippen molar-refractivity contribution in [2.75, 3.05) is 19.7 Å². The summed E-state index contributed by atoms with van der Waals surface area (Å²) < 4.78 is 41.1. The average Bonchev–Trinajstić information content (AvgIpc) is 2.69. The van der Waals surface area contributed by atoms with Gasteiger partial charge in [-0.25, -0.2) is 9.98 Å². The number of aliphatic hydroxyl groups is 1. The predicted molar refractivity (Wildman–Crippen MR) is 105 cm³/mol. The van der Waals surface area contributed by atoms with Crippen LogP contribution in [0.2, 0.25) is 0 Å². The van der Waals surface area contributed by atoms with E-state index >= 15 is 0 Å². The van der Waals surface area contributed by atoms with E-state index in [1.54, 1.807) is 13.0 Å². The number of hydrogen-bond acceptors (Lipinski definition) is 4. The summed E-state index contributed by atoms with van der Waals surface area (Å²) in [6.45, 7) is 3.37. The molecule has 1 heterocycles. The van der Waals surface area contributed by atoms with Crippen molar-refractivity contribution >= 4 is 5.96 Å². The highest BCUT2D eigenvalue weighted by Crippen LogP contribution is 2.19. The quantitative estimate of drug-likeness (QED) is 0.461. The van der Waals surface area contributed by atoms with Crippen LogP contribution in [0.25, 0.3) is 0 Å². The smallest absolute Gasteiger partial charge is 0.422 e. The Kier molecular flexibility index (Phi) is 7.83. The maximum absolute atomic E-state index is 12.2. The van der Waals surface area contributed by atoms with Crippen molar-refractivity contribution in [3.8, 4) is 5.88 Å². The first-order valence-electron chi connectivity index (χ1n) is 9.14. The van der Waals surface area contributed by atoms with Crippen LogP contribution in [-0.4, -0.2) is 41.9 Å². The number of hydrogen-bond donors (Lipinski definition) is 3. The van der Waals surface area contributed by atoms with Gasteiger partial charge >= 0.3 is 6.18 Å². The monoisotopic (exact) mass is 410 g/mol. The maximum atomic E-state index is 12.2. The maximum Gasteiger partial charge on any atom is 0.422 e. The highest BCUT2D eigenvalue weighted by molar-refractivity contribution is 5.79. The Morgan fingerprint density at radius 2 is 1.86 bits per heavy atom. The zero-order chi connectivity index (χ0) is 21.3. The van der Waals surface area contributed by atoms with E-state index in [-0.39, 0.29) is 19.0 Å². The number of rotatable bonds is 8. The molecule has 0 spiro atoms. The second kappa shape index (κ2) is 10.1. The molecule has 1 atom stereocenters. The number of benzene rings is 1. The minimum atomic E-state index is -4.40. The molecular formula is C20H25F3N4O2. The van der Waals surface area contributed by atoms with Gasteiger partial charge in [-0.1, -0.05) is 36.4 Å². The zero-order valence-electron chi connectivity index (χ0n) is 16.3. The lowest BCUT2D eigenvalue weighted by Crippen LogP contribution is -2.44. The highest BCUT2D eigenvalue weighted by Gasteiger charge is 2.28. The number of alkyl halides is 3. The first-order valence-corrected chi connectivity index (χ1v) is 9.14. The van der Waals surface area contributed by atoms with Crippen LogP contribution in [0, 0.1) is 0 Å². The summed E-state index contributed by atoms with van der Waals surface area (Å²) in [6.07, 6.45) is -2.99. The molecular weight excluding hydrogens is 385 g/mol. The molecule has 0 amide bonds. The summed E-state index contributed by atoms with van der Waals surface area (Å²) in [5.74, 6) is 0.403. The van der Waals surface area contributed by atoms with Gasteiger partial charge in [-0.2, -0.15) is 13.2 Å². The van der Waals surface area contributed by atoms with Crippen molar-refractivity contribution in [1.29, 1.82) is 0 Å². The normalized spacial score (nSPS) is 14.2. The Balaban J connectivity index is 1.94. The van der Waals surface area contributed by atoms with Crippen molar-refractivity contribution in [3.63, 3.8) is 0 Å². The fourth-order valence-electron chi connectivity index (χ4n) is 2.41. The second-order valence-corrected chi connectivity index (χ2v) is 6.60. The van der Waals surface area contributed by atoms with E-state index in [0.29, 0.717) is 18.1 Å². The van der Waals surface area contributed by atoms with Crippen molar-refractivity contribution < 1.29 is 23.0 Å². The molecule has 0 aliphatic carbocycles. The molecule has 29 heavy (non-hydrogen) atoms. The summed E-state index contributed by atoms with van der Waals surface area (Å²) in [7, 11) is 0. The Bertz CT molecular complexity index is 779. The van der Waals surface area contributed by atoms with E-state index in [1.807, 2.05) is 37.3 Å². The van der Waals surface area contributed by atoms with Crippen LogP contribution in [0.3, 0.4) is 0 Å². The van der Waals surface area contributed by atoms with E-state index in [4.69, 9.17) is 0 Å². The third-order valence-electron chi connectivity index (χ3n) is 3.94. The van der Waals surface area contributed by atoms with Gasteiger partial charge in [-0.15, -0.1) is 0 Å². The topological polar surface area (TPSA) is 78.8 Å². The van der Waals surface area contributed by atoms with Crippen molar-refractivity contribution in [2.45, 2.75) is 32.2 Å². The Morgan fingerprint density at radius 1 is 1.14 bits per heavy atom. The van der Waals surface area contributed by atoms with Gasteiger partial charge < -0.3 is 20.5 Å². The molecule has 3 N–H and O–H groups in total. The van der Waals surface area contributed by atoms with E-state index < -0.39 is 18.4 Å². The Hall–Kier alpha value is -2.81. The van der Waals surface area contributed by atoms with Gasteiger partial charge in [-0.05, 0) is 25.0 Å². The predicted octanol–water partition coefficient (Wildman–Crippen LogP) is 2.99. The molecule has 0 bridgehead atoms. The minimum absolute atomic E-state index is 0.0982. The number of nitrogens with zero attached hydrogens (tertiary/aromatic N) is 2. The van der Waals surface area contributed by atoms with Crippen molar-refractivity contribution in [1.82, 2.24) is 15.6 Å². The lowest BCUT2D eigenvalue weighted by Gasteiger charge is -2.25. The Morgan fingerprint density at radius 3 is 2.45 bits per heavy atom. The number of nitrogens with one attached hydrogen (secondary N) is 2. The fourth-order valence-corrected chi connectivity index (χ4v) is 2.41. The van der Waals surface area contributed by atoms with E-state index in [9.17, 15) is 18.3 Å². The van der Waals surface area contributed by atoms with Gasteiger partial charge in [0, 0.05) is 18.8 Å². The zero-order valence-corrected chi connectivity index (χ0v) is 16.3. The second-order valence-electron chi connectivity index (χ2n) is 6.60. The van der Waals surface area contributed by atoms with Gasteiger partial charge in [0.15, 0.2) is 12.6 Å².